The molecule has 4 unspecified atom stereocenters. The lowest BCUT2D eigenvalue weighted by molar-refractivity contribution is -0.119. The van der Waals surface area contributed by atoms with E-state index in [0.29, 0.717) is 0 Å². The fourth-order valence-corrected chi connectivity index (χ4v) is 4.88. The van der Waals surface area contributed by atoms with Crippen molar-refractivity contribution in [2.45, 2.75) is 25.0 Å². The van der Waals surface area contributed by atoms with Crippen molar-refractivity contribution in [3.8, 4) is 0 Å². The van der Waals surface area contributed by atoms with Gasteiger partial charge in [-0.1, -0.05) is 57.9 Å². The van der Waals surface area contributed by atoms with Gasteiger partial charge in [-0.25, -0.2) is 15.2 Å². The van der Waals surface area contributed by atoms with Gasteiger partial charge in [0.25, 0.3) is 0 Å². The molecule has 2 fully saturated rings. The summed E-state index contributed by atoms with van der Waals surface area (Å²) < 4.78 is 14.7. The van der Waals surface area contributed by atoms with Crippen LogP contribution in [-0.4, -0.2) is 11.9 Å². The monoisotopic (exact) mass is 465 g/mol. The molecule has 30 heavy (non-hydrogen) atoms. The minimum Gasteiger partial charge on any atom is -0.303 e. The van der Waals surface area contributed by atoms with Gasteiger partial charge < -0.3 is 4.90 Å². The Labute approximate surface area is 183 Å². The van der Waals surface area contributed by atoms with Crippen LogP contribution in [0.2, 0.25) is 0 Å². The highest BCUT2D eigenvalue weighted by molar-refractivity contribution is 9.10. The van der Waals surface area contributed by atoms with Crippen LogP contribution in [0.3, 0.4) is 0 Å². The highest BCUT2D eigenvalue weighted by Crippen LogP contribution is 2.48. The smallest absolute Gasteiger partial charge is 0.246 e. The van der Waals surface area contributed by atoms with E-state index in [1.165, 1.54) is 12.1 Å². The molecule has 3 aromatic carbocycles. The molecule has 0 radical (unpaired) electrons. The van der Waals surface area contributed by atoms with Gasteiger partial charge in [0.05, 0.1) is 12.1 Å². The second kappa shape index (κ2) is 7.61. The number of anilines is 1. The Morgan fingerprint density at radius 3 is 2.10 bits per heavy atom. The molecular formula is C24H21BrFN3O. The minimum absolute atomic E-state index is 0.0188. The summed E-state index contributed by atoms with van der Waals surface area (Å²) in [4.78, 5) is 15.4. The molecule has 4 atom stereocenters. The van der Waals surface area contributed by atoms with Crippen molar-refractivity contribution >= 4 is 27.5 Å². The molecule has 0 aromatic heterocycles. The van der Waals surface area contributed by atoms with Crippen molar-refractivity contribution in [3.63, 3.8) is 0 Å². The van der Waals surface area contributed by atoms with Gasteiger partial charge in [0, 0.05) is 16.1 Å². The largest absolute Gasteiger partial charge is 0.303 e. The van der Waals surface area contributed by atoms with Gasteiger partial charge in [0.2, 0.25) is 5.91 Å². The number of hydrogen-bond donors (Lipinski definition) is 2. The summed E-state index contributed by atoms with van der Waals surface area (Å²) in [5.74, 6) is -0.315. The maximum Gasteiger partial charge on any atom is 0.246 e. The molecule has 5 rings (SSSR count). The summed E-state index contributed by atoms with van der Waals surface area (Å²) >= 11 is 3.49. The van der Waals surface area contributed by atoms with E-state index < -0.39 is 0 Å². The first kappa shape index (κ1) is 19.4. The van der Waals surface area contributed by atoms with E-state index in [2.05, 4.69) is 38.9 Å². The molecule has 152 valence electrons. The number of benzene rings is 3. The number of carbonyl (C=O) groups excluding carboxylic acids is 1. The van der Waals surface area contributed by atoms with Crippen LogP contribution < -0.4 is 15.8 Å². The molecule has 0 saturated carbocycles. The number of halogens is 2. The molecular weight excluding hydrogens is 445 g/mol. The fraction of sp³-hybridized carbons (Fsp3) is 0.208. The number of carbonyl (C=O) groups is 1. The van der Waals surface area contributed by atoms with Crippen LogP contribution >= 0.6 is 15.9 Å². The lowest BCUT2D eigenvalue weighted by Gasteiger charge is -2.31. The Balaban J connectivity index is 1.62. The van der Waals surface area contributed by atoms with Crippen molar-refractivity contribution in [2.75, 3.05) is 4.90 Å². The SMILES string of the molecule is Cc1ccc(N2C(=O)C3NNC(c4ccc(Br)cc4)C3C2c2ccc(F)cc2)cc1. The van der Waals surface area contributed by atoms with E-state index in [1.54, 1.807) is 12.1 Å². The predicted octanol–water partition coefficient (Wildman–Crippen LogP) is 4.82. The van der Waals surface area contributed by atoms with E-state index in [0.717, 1.165) is 26.9 Å². The van der Waals surface area contributed by atoms with E-state index >= 15 is 0 Å². The number of hydrogen-bond acceptors (Lipinski definition) is 3. The number of hydrazine groups is 1. The molecule has 2 saturated heterocycles. The zero-order valence-corrected chi connectivity index (χ0v) is 17.9. The van der Waals surface area contributed by atoms with Crippen LogP contribution in [0.15, 0.2) is 77.3 Å². The van der Waals surface area contributed by atoms with Crippen LogP contribution in [0.25, 0.3) is 0 Å². The molecule has 3 aromatic rings. The molecule has 1 amide bonds. The third-order valence-electron chi connectivity index (χ3n) is 6.06. The second-order valence-corrected chi connectivity index (χ2v) is 8.83. The first-order valence-electron chi connectivity index (χ1n) is 9.94. The van der Waals surface area contributed by atoms with Gasteiger partial charge in [-0.2, -0.15) is 0 Å². The maximum absolute atomic E-state index is 13.7. The first-order chi connectivity index (χ1) is 14.5. The second-order valence-electron chi connectivity index (χ2n) is 7.91. The van der Waals surface area contributed by atoms with Gasteiger partial charge in [0.15, 0.2) is 0 Å². The third-order valence-corrected chi connectivity index (χ3v) is 6.59. The van der Waals surface area contributed by atoms with E-state index in [1.807, 2.05) is 48.2 Å². The Bertz CT molecular complexity index is 1070. The molecule has 2 aliphatic heterocycles. The van der Waals surface area contributed by atoms with Gasteiger partial charge in [-0.15, -0.1) is 0 Å². The highest BCUT2D eigenvalue weighted by atomic mass is 79.9. The third kappa shape index (κ3) is 3.25. The Kier molecular flexibility index (Phi) is 4.93. The number of nitrogens with zero attached hydrogens (tertiary/aromatic N) is 1. The summed E-state index contributed by atoms with van der Waals surface area (Å²) in [5, 5.41) is 0. The zero-order valence-electron chi connectivity index (χ0n) is 16.3. The molecule has 0 aliphatic carbocycles. The summed E-state index contributed by atoms with van der Waals surface area (Å²) in [6, 6.07) is 22.0. The van der Waals surface area contributed by atoms with E-state index in [9.17, 15) is 9.18 Å². The fourth-order valence-electron chi connectivity index (χ4n) is 4.61. The quantitative estimate of drug-likeness (QED) is 0.582. The summed E-state index contributed by atoms with van der Waals surface area (Å²) in [5.41, 5.74) is 10.6. The average molecular weight is 466 g/mol. The van der Waals surface area contributed by atoms with Crippen molar-refractivity contribution in [2.24, 2.45) is 5.92 Å². The minimum atomic E-state index is -0.366. The van der Waals surface area contributed by atoms with Crippen molar-refractivity contribution in [3.05, 3.63) is 99.8 Å². The molecule has 0 spiro atoms. The average Bonchev–Trinajstić information content (AvgIpc) is 3.29. The standard InChI is InChI=1S/C24H21BrFN3O/c1-14-2-12-19(13-3-14)29-23(16-6-10-18(26)11-7-16)20-21(27-28-22(20)24(29)30)15-4-8-17(25)9-5-15/h2-13,20-23,27-28H,1H3. The van der Waals surface area contributed by atoms with Crippen LogP contribution in [0, 0.1) is 18.7 Å². The van der Waals surface area contributed by atoms with Crippen LogP contribution in [-0.2, 0) is 4.79 Å². The topological polar surface area (TPSA) is 44.4 Å². The maximum atomic E-state index is 13.7. The van der Waals surface area contributed by atoms with E-state index in [4.69, 9.17) is 0 Å². The molecule has 2 heterocycles. The Morgan fingerprint density at radius 1 is 0.833 bits per heavy atom. The molecule has 6 heteroatoms. The number of rotatable bonds is 3. The summed E-state index contributed by atoms with van der Waals surface area (Å²) in [6.07, 6.45) is 0. The van der Waals surface area contributed by atoms with Crippen LogP contribution in [0.4, 0.5) is 10.1 Å². The van der Waals surface area contributed by atoms with E-state index in [-0.39, 0.29) is 35.8 Å². The van der Waals surface area contributed by atoms with Gasteiger partial charge in [-0.05, 0) is 54.4 Å². The van der Waals surface area contributed by atoms with Crippen molar-refractivity contribution < 1.29 is 9.18 Å². The summed E-state index contributed by atoms with van der Waals surface area (Å²) in [7, 11) is 0. The normalized spacial score (nSPS) is 25.6. The molecule has 4 nitrogen and oxygen atoms in total. The van der Waals surface area contributed by atoms with Crippen LogP contribution in [0.1, 0.15) is 28.8 Å². The van der Waals surface area contributed by atoms with Gasteiger partial charge in [-0.3, -0.25) is 4.79 Å². The zero-order chi connectivity index (χ0) is 20.8. The molecule has 0 bridgehead atoms. The summed E-state index contributed by atoms with van der Waals surface area (Å²) in [6.45, 7) is 2.02. The number of nitrogens with one attached hydrogen (secondary N) is 2. The van der Waals surface area contributed by atoms with Crippen molar-refractivity contribution in [1.82, 2.24) is 10.9 Å². The molecule has 2 aliphatic rings. The number of aryl methyl sites for hydroxylation is 1. The highest BCUT2D eigenvalue weighted by Gasteiger charge is 2.55. The number of amides is 1. The lowest BCUT2D eigenvalue weighted by Crippen LogP contribution is -2.41. The molecule has 2 N–H and O–H groups in total. The van der Waals surface area contributed by atoms with Crippen LogP contribution in [0.5, 0.6) is 0 Å². The van der Waals surface area contributed by atoms with Gasteiger partial charge >= 0.3 is 0 Å². The predicted molar refractivity (Wildman–Crippen MR) is 118 cm³/mol. The van der Waals surface area contributed by atoms with Crippen molar-refractivity contribution in [1.29, 1.82) is 0 Å². The Morgan fingerprint density at radius 2 is 1.43 bits per heavy atom. The Hall–Kier alpha value is -2.54. The first-order valence-corrected chi connectivity index (χ1v) is 10.7. The lowest BCUT2D eigenvalue weighted by atomic mass is 9.83. The van der Waals surface area contributed by atoms with Gasteiger partial charge in [0.1, 0.15) is 11.9 Å². The number of fused-ring (bicyclic) bond motifs is 1.